The third-order valence-electron chi connectivity index (χ3n) is 4.58. The van der Waals surface area contributed by atoms with Crippen LogP contribution in [0.15, 0.2) is 52.2 Å². The van der Waals surface area contributed by atoms with Gasteiger partial charge in [-0.15, -0.1) is 5.10 Å². The molecule has 0 saturated carbocycles. The first-order chi connectivity index (χ1) is 14.0. The first-order valence-electron chi connectivity index (χ1n) is 9.12. The zero-order valence-electron chi connectivity index (χ0n) is 15.7. The Labute approximate surface area is 165 Å². The molecule has 0 aromatic carbocycles. The predicted molar refractivity (Wildman–Crippen MR) is 108 cm³/mol. The van der Waals surface area contributed by atoms with E-state index in [2.05, 4.69) is 25.4 Å². The zero-order valence-corrected chi connectivity index (χ0v) is 15.7. The Balaban J connectivity index is 1.63. The van der Waals surface area contributed by atoms with Gasteiger partial charge in [0.1, 0.15) is 18.3 Å². The standard InChI is InChI=1S/C19H20FN7O2/c1-12(15-6-14(20)8-23-19(15)29)24-16-2-3-17-22-9-18(27(17)25-16)26-10-13(4-5-28)7-21-11-26/h2-3,6-10,12,28H,4-5,11H2,1H3,(H,23,29)(H,24,25)/t12-/m1/s1. The number of nitrogens with one attached hydrogen (secondary N) is 2. The quantitative estimate of drug-likeness (QED) is 0.585. The van der Waals surface area contributed by atoms with Crippen LogP contribution in [0.1, 0.15) is 24.9 Å². The van der Waals surface area contributed by atoms with Gasteiger partial charge in [0.25, 0.3) is 5.56 Å². The summed E-state index contributed by atoms with van der Waals surface area (Å²) in [4.78, 5) is 24.9. The van der Waals surface area contributed by atoms with Crippen molar-refractivity contribution in [1.82, 2.24) is 19.6 Å². The lowest BCUT2D eigenvalue weighted by atomic mass is 10.1. The van der Waals surface area contributed by atoms with E-state index in [-0.39, 0.29) is 17.7 Å². The monoisotopic (exact) mass is 397 g/mol. The number of imidazole rings is 1. The molecule has 4 rings (SSSR count). The summed E-state index contributed by atoms with van der Waals surface area (Å²) in [6.07, 6.45) is 6.88. The smallest absolute Gasteiger partial charge is 0.253 e. The van der Waals surface area contributed by atoms with Crippen molar-refractivity contribution in [2.24, 2.45) is 4.99 Å². The highest BCUT2D eigenvalue weighted by Crippen LogP contribution is 2.22. The molecule has 1 aliphatic heterocycles. The van der Waals surface area contributed by atoms with Crippen LogP contribution < -0.4 is 15.8 Å². The molecule has 0 saturated heterocycles. The first-order valence-corrected chi connectivity index (χ1v) is 9.12. The van der Waals surface area contributed by atoms with Gasteiger partial charge in [-0.1, -0.05) is 0 Å². The molecule has 0 bridgehead atoms. The van der Waals surface area contributed by atoms with Gasteiger partial charge in [-0.2, -0.15) is 4.52 Å². The number of halogens is 1. The van der Waals surface area contributed by atoms with Crippen LogP contribution in [0, 0.1) is 5.82 Å². The second kappa shape index (κ2) is 7.84. The molecule has 0 radical (unpaired) electrons. The van der Waals surface area contributed by atoms with E-state index in [1.54, 1.807) is 36.0 Å². The van der Waals surface area contributed by atoms with Crippen molar-refractivity contribution in [3.63, 3.8) is 0 Å². The van der Waals surface area contributed by atoms with Crippen LogP contribution >= 0.6 is 0 Å². The lowest BCUT2D eigenvalue weighted by molar-refractivity contribution is 0.301. The van der Waals surface area contributed by atoms with E-state index in [4.69, 9.17) is 5.11 Å². The Kier molecular flexibility index (Phi) is 5.09. The molecule has 0 spiro atoms. The average Bonchev–Trinajstić information content (AvgIpc) is 3.13. The Hall–Kier alpha value is -3.53. The summed E-state index contributed by atoms with van der Waals surface area (Å²) in [5.41, 5.74) is 1.47. The number of aliphatic imine (C=N–C) groups is 1. The highest BCUT2D eigenvalue weighted by atomic mass is 19.1. The van der Waals surface area contributed by atoms with Crippen molar-refractivity contribution in [3.8, 4) is 0 Å². The Bertz CT molecular complexity index is 1150. The summed E-state index contributed by atoms with van der Waals surface area (Å²) in [6, 6.07) is 4.29. The summed E-state index contributed by atoms with van der Waals surface area (Å²) in [7, 11) is 0. The molecule has 0 amide bonds. The SMILES string of the molecule is C[C@@H](Nc1ccc2ncc(N3C=C(CCO)C=NC3)n2n1)c1cc(F)c[nH]c1=O. The molecule has 1 atom stereocenters. The highest BCUT2D eigenvalue weighted by Gasteiger charge is 2.16. The number of nitrogens with zero attached hydrogens (tertiary/aromatic N) is 5. The molecule has 3 aromatic heterocycles. The van der Waals surface area contributed by atoms with Crippen LogP contribution in [0.2, 0.25) is 0 Å². The summed E-state index contributed by atoms with van der Waals surface area (Å²) in [5, 5.41) is 16.8. The van der Waals surface area contributed by atoms with Gasteiger partial charge < -0.3 is 20.3 Å². The number of hydrogen-bond donors (Lipinski definition) is 3. The van der Waals surface area contributed by atoms with Gasteiger partial charge in [-0.05, 0) is 37.1 Å². The van der Waals surface area contributed by atoms with Gasteiger partial charge in [-0.3, -0.25) is 9.79 Å². The van der Waals surface area contributed by atoms with Crippen molar-refractivity contribution in [2.45, 2.75) is 19.4 Å². The second-order valence-corrected chi connectivity index (χ2v) is 6.67. The number of fused-ring (bicyclic) bond motifs is 1. The van der Waals surface area contributed by atoms with Crippen molar-refractivity contribution in [3.05, 3.63) is 64.1 Å². The maximum atomic E-state index is 13.5. The molecule has 0 unspecified atom stereocenters. The van der Waals surface area contributed by atoms with Gasteiger partial charge >= 0.3 is 0 Å². The predicted octanol–water partition coefficient (Wildman–Crippen LogP) is 1.84. The minimum atomic E-state index is -0.510. The van der Waals surface area contributed by atoms with Gasteiger partial charge in [-0.25, -0.2) is 9.37 Å². The van der Waals surface area contributed by atoms with Crippen LogP contribution in [0.4, 0.5) is 16.0 Å². The molecule has 9 nitrogen and oxygen atoms in total. The third kappa shape index (κ3) is 3.87. The van der Waals surface area contributed by atoms with Gasteiger partial charge in [0, 0.05) is 30.8 Å². The molecule has 0 aliphatic carbocycles. The molecule has 3 N–H and O–H groups in total. The van der Waals surface area contributed by atoms with E-state index < -0.39 is 11.9 Å². The van der Waals surface area contributed by atoms with E-state index in [1.165, 1.54) is 6.07 Å². The largest absolute Gasteiger partial charge is 0.396 e. The molecule has 10 heteroatoms. The van der Waals surface area contributed by atoms with Crippen LogP contribution in [-0.2, 0) is 0 Å². The summed E-state index contributed by atoms with van der Waals surface area (Å²) >= 11 is 0. The molecule has 0 fully saturated rings. The molecule has 3 aromatic rings. The number of aromatic amines is 1. The number of anilines is 2. The average molecular weight is 397 g/mol. The number of aliphatic hydroxyl groups excluding tert-OH is 1. The number of aliphatic hydroxyl groups is 1. The van der Waals surface area contributed by atoms with Gasteiger partial charge in [0.15, 0.2) is 11.5 Å². The molecule has 29 heavy (non-hydrogen) atoms. The van der Waals surface area contributed by atoms with E-state index in [0.717, 1.165) is 11.8 Å². The maximum Gasteiger partial charge on any atom is 0.253 e. The normalized spacial score (nSPS) is 14.9. The van der Waals surface area contributed by atoms with E-state index >= 15 is 0 Å². The number of pyridine rings is 1. The maximum absolute atomic E-state index is 13.5. The molecular weight excluding hydrogens is 377 g/mol. The zero-order chi connectivity index (χ0) is 20.4. The van der Waals surface area contributed by atoms with Crippen molar-refractivity contribution >= 4 is 23.5 Å². The number of H-pyrrole nitrogens is 1. The Morgan fingerprint density at radius 1 is 1.41 bits per heavy atom. The lowest BCUT2D eigenvalue weighted by Gasteiger charge is -2.21. The fourth-order valence-electron chi connectivity index (χ4n) is 3.15. The minimum absolute atomic E-state index is 0.0439. The van der Waals surface area contributed by atoms with Crippen LogP contribution in [0.25, 0.3) is 5.65 Å². The van der Waals surface area contributed by atoms with Crippen molar-refractivity contribution < 1.29 is 9.50 Å². The fourth-order valence-corrected chi connectivity index (χ4v) is 3.15. The molecule has 1 aliphatic rings. The van der Waals surface area contributed by atoms with Crippen molar-refractivity contribution in [2.75, 3.05) is 23.5 Å². The summed E-state index contributed by atoms with van der Waals surface area (Å²) < 4.78 is 15.2. The summed E-state index contributed by atoms with van der Waals surface area (Å²) in [6.45, 7) is 2.22. The first kappa shape index (κ1) is 18.8. The molecule has 150 valence electrons. The second-order valence-electron chi connectivity index (χ2n) is 6.67. The highest BCUT2D eigenvalue weighted by molar-refractivity contribution is 5.81. The van der Waals surface area contributed by atoms with E-state index in [0.29, 0.717) is 30.4 Å². The van der Waals surface area contributed by atoms with Crippen LogP contribution in [-0.4, -0.2) is 44.2 Å². The van der Waals surface area contributed by atoms with E-state index in [9.17, 15) is 9.18 Å². The van der Waals surface area contributed by atoms with Gasteiger partial charge in [0.05, 0.1) is 12.2 Å². The van der Waals surface area contributed by atoms with Crippen LogP contribution in [0.3, 0.4) is 0 Å². The number of rotatable bonds is 6. The van der Waals surface area contributed by atoms with E-state index in [1.807, 2.05) is 11.1 Å². The Morgan fingerprint density at radius 3 is 3.10 bits per heavy atom. The van der Waals surface area contributed by atoms with Crippen molar-refractivity contribution in [1.29, 1.82) is 0 Å². The van der Waals surface area contributed by atoms with Crippen LogP contribution in [0.5, 0.6) is 0 Å². The third-order valence-corrected chi connectivity index (χ3v) is 4.58. The van der Waals surface area contributed by atoms with Gasteiger partial charge in [0.2, 0.25) is 0 Å². The fraction of sp³-hybridized carbons (Fsp3) is 0.263. The Morgan fingerprint density at radius 2 is 2.28 bits per heavy atom. The molecular formula is C19H20FN7O2. The topological polar surface area (TPSA) is 111 Å². The number of hydrogen-bond acceptors (Lipinski definition) is 7. The number of aromatic nitrogens is 4. The molecule has 4 heterocycles. The lowest BCUT2D eigenvalue weighted by Crippen LogP contribution is -2.23. The summed E-state index contributed by atoms with van der Waals surface area (Å²) in [5.74, 6) is 0.713. The minimum Gasteiger partial charge on any atom is -0.396 e.